The fraction of sp³-hybridized carbons (Fsp3) is 0.0833. The Balaban J connectivity index is 2.65. The zero-order chi connectivity index (χ0) is 14.0. The van der Waals surface area contributed by atoms with E-state index in [4.69, 9.17) is 20.8 Å². The van der Waals surface area contributed by atoms with E-state index in [0.29, 0.717) is 11.4 Å². The third-order valence-corrected chi connectivity index (χ3v) is 2.58. The van der Waals surface area contributed by atoms with E-state index in [0.717, 1.165) is 0 Å². The average Bonchev–Trinajstić information content (AvgIpc) is 2.78. The molecule has 2 aromatic rings. The number of ether oxygens (including phenoxy) is 1. The Kier molecular flexibility index (Phi) is 3.08. The first-order chi connectivity index (χ1) is 9.08. The van der Waals surface area contributed by atoms with Crippen LogP contribution in [0.15, 0.2) is 24.4 Å². The highest BCUT2D eigenvalue weighted by Crippen LogP contribution is 2.26. The summed E-state index contributed by atoms with van der Waals surface area (Å²) in [6.07, 6.45) is 1.31. The molecule has 1 aromatic carbocycles. The molecule has 0 radical (unpaired) electrons. The van der Waals surface area contributed by atoms with Gasteiger partial charge in [-0.1, -0.05) is 0 Å². The maximum atomic E-state index is 11.0. The molecular weight excluding hydrogens is 248 g/mol. The third-order valence-electron chi connectivity index (χ3n) is 2.58. The Hall–Kier alpha value is -3.01. The number of hydrogen-bond acceptors (Lipinski definition) is 5. The van der Waals surface area contributed by atoms with E-state index in [1.807, 2.05) is 6.07 Å². The molecule has 0 aliphatic rings. The molecule has 1 aromatic heterocycles. The molecule has 2 rings (SSSR count). The molecule has 0 aliphatic carbocycles. The van der Waals surface area contributed by atoms with Crippen molar-refractivity contribution in [3.05, 3.63) is 35.5 Å². The van der Waals surface area contributed by atoms with Crippen molar-refractivity contribution < 1.29 is 14.6 Å². The Morgan fingerprint density at radius 3 is 2.84 bits per heavy atom. The molecule has 0 saturated heterocycles. The van der Waals surface area contributed by atoms with Crippen molar-refractivity contribution in [2.45, 2.75) is 0 Å². The maximum Gasteiger partial charge on any atom is 0.335 e. The molecule has 0 spiro atoms. The van der Waals surface area contributed by atoms with Gasteiger partial charge in [-0.2, -0.15) is 10.4 Å². The van der Waals surface area contributed by atoms with Gasteiger partial charge in [0.15, 0.2) is 0 Å². The Morgan fingerprint density at radius 2 is 2.32 bits per heavy atom. The van der Waals surface area contributed by atoms with Gasteiger partial charge in [-0.15, -0.1) is 0 Å². The fourth-order valence-corrected chi connectivity index (χ4v) is 1.62. The molecule has 7 nitrogen and oxygen atoms in total. The first kappa shape index (κ1) is 12.4. The quantitative estimate of drug-likeness (QED) is 0.849. The highest BCUT2D eigenvalue weighted by Gasteiger charge is 2.15. The number of anilines is 1. The van der Waals surface area contributed by atoms with Crippen LogP contribution in [0.3, 0.4) is 0 Å². The number of aromatic nitrogens is 2. The number of methoxy groups -OCH3 is 1. The van der Waals surface area contributed by atoms with Crippen LogP contribution in [0.4, 0.5) is 5.82 Å². The number of nitrogens with two attached hydrogens (primary N) is 1. The van der Waals surface area contributed by atoms with Gasteiger partial charge in [-0.3, -0.25) is 0 Å². The Morgan fingerprint density at radius 1 is 1.58 bits per heavy atom. The number of nitrogens with zero attached hydrogens (tertiary/aromatic N) is 3. The lowest BCUT2D eigenvalue weighted by molar-refractivity contribution is 0.0697. The molecule has 3 N–H and O–H groups in total. The number of nitriles is 1. The van der Waals surface area contributed by atoms with E-state index >= 15 is 0 Å². The highest BCUT2D eigenvalue weighted by molar-refractivity contribution is 5.88. The predicted octanol–water partition coefficient (Wildman–Crippen LogP) is 1.03. The summed E-state index contributed by atoms with van der Waals surface area (Å²) in [4.78, 5) is 11.0. The molecule has 0 amide bonds. The number of nitrogen functional groups attached to an aromatic ring is 1. The van der Waals surface area contributed by atoms with Crippen molar-refractivity contribution in [3.63, 3.8) is 0 Å². The second-order valence-corrected chi connectivity index (χ2v) is 3.66. The number of carboxylic acid groups (broad SMARTS) is 1. The lowest BCUT2D eigenvalue weighted by Crippen LogP contribution is -2.06. The van der Waals surface area contributed by atoms with Crippen LogP contribution in [0.2, 0.25) is 0 Å². The van der Waals surface area contributed by atoms with Crippen molar-refractivity contribution in [1.29, 1.82) is 5.26 Å². The number of carboxylic acids is 1. The van der Waals surface area contributed by atoms with Crippen LogP contribution in [-0.4, -0.2) is 28.0 Å². The number of carbonyl (C=O) groups is 1. The van der Waals surface area contributed by atoms with Gasteiger partial charge in [0.05, 0.1) is 18.9 Å². The van der Waals surface area contributed by atoms with Gasteiger partial charge in [-0.25, -0.2) is 9.48 Å². The van der Waals surface area contributed by atoms with Crippen molar-refractivity contribution in [1.82, 2.24) is 9.78 Å². The lowest BCUT2D eigenvalue weighted by atomic mass is 10.2. The summed E-state index contributed by atoms with van der Waals surface area (Å²) in [5, 5.41) is 21.8. The largest absolute Gasteiger partial charge is 0.494 e. The minimum atomic E-state index is -1.07. The predicted molar refractivity (Wildman–Crippen MR) is 66.2 cm³/mol. The van der Waals surface area contributed by atoms with Crippen molar-refractivity contribution in [2.75, 3.05) is 12.8 Å². The van der Waals surface area contributed by atoms with Crippen molar-refractivity contribution in [2.24, 2.45) is 0 Å². The monoisotopic (exact) mass is 258 g/mol. The number of benzene rings is 1. The molecule has 96 valence electrons. The normalized spacial score (nSPS) is 9.89. The first-order valence-electron chi connectivity index (χ1n) is 5.23. The summed E-state index contributed by atoms with van der Waals surface area (Å²) < 4.78 is 6.41. The number of hydrogen-bond donors (Lipinski definition) is 2. The third kappa shape index (κ3) is 2.07. The van der Waals surface area contributed by atoms with Crippen molar-refractivity contribution >= 4 is 11.8 Å². The van der Waals surface area contributed by atoms with Gasteiger partial charge in [0.25, 0.3) is 0 Å². The topological polar surface area (TPSA) is 114 Å². The molecule has 0 bridgehead atoms. The molecule has 0 aliphatic heterocycles. The zero-order valence-electron chi connectivity index (χ0n) is 9.99. The van der Waals surface area contributed by atoms with Gasteiger partial charge >= 0.3 is 5.97 Å². The standard InChI is InChI=1S/C12H10N4O3/c1-19-10-3-2-7(12(17)18)4-9(10)16-11(14)8(5-13)6-15-16/h2-4,6H,14H2,1H3,(H,17,18). The van der Waals surface area contributed by atoms with Gasteiger partial charge in [0.2, 0.25) is 0 Å². The molecule has 1 heterocycles. The van der Waals surface area contributed by atoms with Gasteiger partial charge in [-0.05, 0) is 18.2 Å². The van der Waals surface area contributed by atoms with Gasteiger partial charge in [0.1, 0.15) is 28.9 Å². The van der Waals surface area contributed by atoms with Crippen LogP contribution in [0.25, 0.3) is 5.69 Å². The minimum absolute atomic E-state index is 0.0733. The van der Waals surface area contributed by atoms with E-state index in [1.54, 1.807) is 0 Å². The van der Waals surface area contributed by atoms with E-state index in [-0.39, 0.29) is 16.9 Å². The van der Waals surface area contributed by atoms with Crippen LogP contribution >= 0.6 is 0 Å². The molecule has 0 saturated carbocycles. The van der Waals surface area contributed by atoms with Crippen LogP contribution in [0.1, 0.15) is 15.9 Å². The van der Waals surface area contributed by atoms with Crippen LogP contribution in [0, 0.1) is 11.3 Å². The SMILES string of the molecule is COc1ccc(C(=O)O)cc1-n1ncc(C#N)c1N. The van der Waals surface area contributed by atoms with Crippen molar-refractivity contribution in [3.8, 4) is 17.5 Å². The number of aromatic carboxylic acids is 1. The zero-order valence-corrected chi connectivity index (χ0v) is 9.99. The highest BCUT2D eigenvalue weighted by atomic mass is 16.5. The second-order valence-electron chi connectivity index (χ2n) is 3.66. The molecule has 7 heteroatoms. The summed E-state index contributed by atoms with van der Waals surface area (Å²) in [5.41, 5.74) is 6.42. The Bertz CT molecular complexity index is 685. The molecule has 19 heavy (non-hydrogen) atoms. The lowest BCUT2D eigenvalue weighted by Gasteiger charge is -2.10. The second kappa shape index (κ2) is 4.70. The molecule has 0 fully saturated rings. The smallest absolute Gasteiger partial charge is 0.335 e. The maximum absolute atomic E-state index is 11.0. The summed E-state index contributed by atoms with van der Waals surface area (Å²) in [7, 11) is 1.45. The first-order valence-corrected chi connectivity index (χ1v) is 5.23. The van der Waals surface area contributed by atoms with Crippen LogP contribution < -0.4 is 10.5 Å². The Labute approximate surface area is 108 Å². The van der Waals surface area contributed by atoms with E-state index in [1.165, 1.54) is 36.2 Å². The van der Waals surface area contributed by atoms with Crippen LogP contribution in [-0.2, 0) is 0 Å². The van der Waals surface area contributed by atoms with Gasteiger partial charge < -0.3 is 15.6 Å². The van der Waals surface area contributed by atoms with E-state index in [9.17, 15) is 4.79 Å². The average molecular weight is 258 g/mol. The summed E-state index contributed by atoms with van der Waals surface area (Å²) in [6, 6.07) is 6.19. The number of rotatable bonds is 3. The summed E-state index contributed by atoms with van der Waals surface area (Å²) in [5.74, 6) is -0.539. The van der Waals surface area contributed by atoms with Gasteiger partial charge in [0, 0.05) is 0 Å². The molecule has 0 atom stereocenters. The molecular formula is C12H10N4O3. The van der Waals surface area contributed by atoms with Crippen LogP contribution in [0.5, 0.6) is 5.75 Å². The molecule has 0 unspecified atom stereocenters. The minimum Gasteiger partial charge on any atom is -0.494 e. The summed E-state index contributed by atoms with van der Waals surface area (Å²) >= 11 is 0. The van der Waals surface area contributed by atoms with E-state index in [2.05, 4.69) is 5.10 Å². The fourth-order valence-electron chi connectivity index (χ4n) is 1.62. The van der Waals surface area contributed by atoms with E-state index < -0.39 is 5.97 Å². The summed E-state index contributed by atoms with van der Waals surface area (Å²) in [6.45, 7) is 0.